The van der Waals surface area contributed by atoms with Crippen LogP contribution in [0.3, 0.4) is 0 Å². The Morgan fingerprint density at radius 2 is 1.83 bits per heavy atom. The van der Waals surface area contributed by atoms with Gasteiger partial charge in [-0.25, -0.2) is 4.39 Å². The number of hydrogen-bond acceptors (Lipinski definition) is 1. The molecule has 1 nitrogen and oxygen atoms in total. The third-order valence-electron chi connectivity index (χ3n) is 4.04. The first kappa shape index (κ1) is 14.0. The van der Waals surface area contributed by atoms with E-state index in [-0.39, 0.29) is 11.9 Å². The minimum Gasteiger partial charge on any atom is -0.324 e. The Morgan fingerprint density at radius 1 is 1.22 bits per heavy atom. The summed E-state index contributed by atoms with van der Waals surface area (Å²) in [7, 11) is 0. The van der Waals surface area contributed by atoms with Crippen molar-refractivity contribution in [1.29, 1.82) is 0 Å². The molecule has 2 N–H and O–H groups in total. The highest BCUT2D eigenvalue weighted by molar-refractivity contribution is 9.10. The lowest BCUT2D eigenvalue weighted by Gasteiger charge is -2.35. The molecule has 1 aliphatic carbocycles. The van der Waals surface area contributed by atoms with Crippen molar-refractivity contribution in [3.8, 4) is 0 Å². The van der Waals surface area contributed by atoms with Crippen LogP contribution in [-0.4, -0.2) is 0 Å². The van der Waals surface area contributed by atoms with Crippen molar-refractivity contribution in [2.75, 3.05) is 0 Å². The third-order valence-corrected chi connectivity index (χ3v) is 4.76. The summed E-state index contributed by atoms with van der Waals surface area (Å²) >= 11 is 3.48. The lowest BCUT2D eigenvalue weighted by atomic mass is 9.72. The van der Waals surface area contributed by atoms with E-state index in [9.17, 15) is 4.39 Å². The number of hydrogen-bond donors (Lipinski definition) is 1. The Balaban J connectivity index is 2.19. The molecule has 0 aromatic heterocycles. The van der Waals surface area contributed by atoms with Crippen LogP contribution in [0.1, 0.15) is 44.7 Å². The molecule has 18 heavy (non-hydrogen) atoms. The summed E-state index contributed by atoms with van der Waals surface area (Å²) in [5.41, 5.74) is 7.27. The van der Waals surface area contributed by atoms with E-state index in [2.05, 4.69) is 29.8 Å². The number of rotatable bonds is 2. The van der Waals surface area contributed by atoms with Crippen LogP contribution in [0.2, 0.25) is 0 Å². The molecular formula is C15H21BrFN. The van der Waals surface area contributed by atoms with Crippen molar-refractivity contribution in [3.05, 3.63) is 34.1 Å². The van der Waals surface area contributed by atoms with Gasteiger partial charge in [-0.05, 0) is 60.8 Å². The molecule has 0 amide bonds. The standard InChI is InChI=1S/C15H21BrFN/c1-9-5-10(2)7-11(6-9)15(18)13-8-12(17)3-4-14(13)16/h3-4,8-11,15H,5-7,18H2,1-2H3. The molecular weight excluding hydrogens is 293 g/mol. The molecule has 1 saturated carbocycles. The monoisotopic (exact) mass is 313 g/mol. The fourth-order valence-corrected chi connectivity index (χ4v) is 3.84. The first-order valence-electron chi connectivity index (χ1n) is 6.68. The van der Waals surface area contributed by atoms with E-state index >= 15 is 0 Å². The van der Waals surface area contributed by atoms with Crippen LogP contribution in [0.5, 0.6) is 0 Å². The highest BCUT2D eigenvalue weighted by Crippen LogP contribution is 2.40. The van der Waals surface area contributed by atoms with E-state index in [1.54, 1.807) is 12.1 Å². The lowest BCUT2D eigenvalue weighted by molar-refractivity contribution is 0.193. The maximum atomic E-state index is 13.4. The Labute approximate surface area is 117 Å². The van der Waals surface area contributed by atoms with Gasteiger partial charge in [0.05, 0.1) is 0 Å². The van der Waals surface area contributed by atoms with E-state index in [1.165, 1.54) is 12.5 Å². The van der Waals surface area contributed by atoms with Crippen LogP contribution in [0.4, 0.5) is 4.39 Å². The predicted molar refractivity (Wildman–Crippen MR) is 76.7 cm³/mol. The van der Waals surface area contributed by atoms with Gasteiger partial charge >= 0.3 is 0 Å². The van der Waals surface area contributed by atoms with Gasteiger partial charge in [-0.2, -0.15) is 0 Å². The minimum atomic E-state index is -0.208. The first-order chi connectivity index (χ1) is 8.47. The van der Waals surface area contributed by atoms with Crippen molar-refractivity contribution < 1.29 is 4.39 Å². The van der Waals surface area contributed by atoms with Gasteiger partial charge in [0.25, 0.3) is 0 Å². The summed E-state index contributed by atoms with van der Waals surface area (Å²) in [5, 5.41) is 0. The van der Waals surface area contributed by atoms with Gasteiger partial charge in [-0.1, -0.05) is 29.8 Å². The van der Waals surface area contributed by atoms with Crippen LogP contribution in [0, 0.1) is 23.6 Å². The SMILES string of the molecule is CC1CC(C)CC(C(N)c2cc(F)ccc2Br)C1. The number of halogens is 2. The molecule has 0 aliphatic heterocycles. The Hall–Kier alpha value is -0.410. The van der Waals surface area contributed by atoms with Crippen molar-refractivity contribution in [1.82, 2.24) is 0 Å². The van der Waals surface area contributed by atoms with Crippen molar-refractivity contribution >= 4 is 15.9 Å². The average molecular weight is 314 g/mol. The maximum absolute atomic E-state index is 13.4. The Bertz CT molecular complexity index is 411. The second-order valence-electron chi connectivity index (χ2n) is 5.87. The molecule has 3 atom stereocenters. The Kier molecular flexibility index (Phi) is 4.44. The molecule has 3 heteroatoms. The summed E-state index contributed by atoms with van der Waals surface area (Å²) in [6, 6.07) is 4.71. The molecule has 1 aliphatic rings. The maximum Gasteiger partial charge on any atom is 0.123 e. The summed E-state index contributed by atoms with van der Waals surface area (Å²) in [4.78, 5) is 0. The molecule has 100 valence electrons. The van der Waals surface area contributed by atoms with Gasteiger partial charge in [0, 0.05) is 10.5 Å². The van der Waals surface area contributed by atoms with E-state index < -0.39 is 0 Å². The summed E-state index contributed by atoms with van der Waals surface area (Å²) in [5.74, 6) is 1.69. The normalized spacial score (nSPS) is 30.2. The van der Waals surface area contributed by atoms with Crippen LogP contribution in [0.15, 0.2) is 22.7 Å². The van der Waals surface area contributed by atoms with Gasteiger partial charge in [0.1, 0.15) is 5.82 Å². The minimum absolute atomic E-state index is 0.0692. The molecule has 2 rings (SSSR count). The van der Waals surface area contributed by atoms with E-state index in [4.69, 9.17) is 5.73 Å². The molecule has 0 saturated heterocycles. The largest absolute Gasteiger partial charge is 0.324 e. The van der Waals surface area contributed by atoms with Gasteiger partial charge in [-0.3, -0.25) is 0 Å². The molecule has 0 radical (unpaired) electrons. The molecule has 0 bridgehead atoms. The van der Waals surface area contributed by atoms with E-state index in [0.29, 0.717) is 5.92 Å². The average Bonchev–Trinajstić information content (AvgIpc) is 2.30. The topological polar surface area (TPSA) is 26.0 Å². The van der Waals surface area contributed by atoms with Gasteiger partial charge < -0.3 is 5.73 Å². The van der Waals surface area contributed by atoms with Crippen LogP contribution in [-0.2, 0) is 0 Å². The third kappa shape index (κ3) is 3.12. The molecule has 0 spiro atoms. The summed E-state index contributed by atoms with van der Waals surface area (Å²) in [6.07, 6.45) is 3.58. The van der Waals surface area contributed by atoms with Gasteiger partial charge in [0.15, 0.2) is 0 Å². The zero-order valence-corrected chi connectivity index (χ0v) is 12.6. The van der Waals surface area contributed by atoms with Crippen molar-refractivity contribution in [3.63, 3.8) is 0 Å². The van der Waals surface area contributed by atoms with Crippen LogP contribution >= 0.6 is 15.9 Å². The molecule has 0 heterocycles. The van der Waals surface area contributed by atoms with Gasteiger partial charge in [-0.15, -0.1) is 0 Å². The highest BCUT2D eigenvalue weighted by atomic mass is 79.9. The molecule has 1 aromatic carbocycles. The van der Waals surface area contributed by atoms with E-state index in [1.807, 2.05) is 0 Å². The molecule has 1 fully saturated rings. The quantitative estimate of drug-likeness (QED) is 0.844. The first-order valence-corrected chi connectivity index (χ1v) is 7.47. The lowest BCUT2D eigenvalue weighted by Crippen LogP contribution is -2.29. The van der Waals surface area contributed by atoms with Crippen molar-refractivity contribution in [2.45, 2.75) is 39.2 Å². The fourth-order valence-electron chi connectivity index (χ4n) is 3.33. The molecule has 1 aromatic rings. The number of nitrogens with two attached hydrogens (primary N) is 1. The predicted octanol–water partition coefficient (Wildman–Crippen LogP) is 4.66. The smallest absolute Gasteiger partial charge is 0.123 e. The van der Waals surface area contributed by atoms with Gasteiger partial charge in [0.2, 0.25) is 0 Å². The van der Waals surface area contributed by atoms with Crippen LogP contribution in [0.25, 0.3) is 0 Å². The summed E-state index contributed by atoms with van der Waals surface area (Å²) in [6.45, 7) is 4.58. The molecule has 3 unspecified atom stereocenters. The van der Waals surface area contributed by atoms with Crippen molar-refractivity contribution in [2.24, 2.45) is 23.5 Å². The zero-order valence-electron chi connectivity index (χ0n) is 11.0. The number of benzene rings is 1. The summed E-state index contributed by atoms with van der Waals surface area (Å²) < 4.78 is 14.3. The zero-order chi connectivity index (χ0) is 13.3. The second kappa shape index (κ2) is 5.70. The highest BCUT2D eigenvalue weighted by Gasteiger charge is 2.29. The Morgan fingerprint density at radius 3 is 2.44 bits per heavy atom. The van der Waals surface area contributed by atoms with Crippen LogP contribution < -0.4 is 5.73 Å². The fraction of sp³-hybridized carbons (Fsp3) is 0.600. The second-order valence-corrected chi connectivity index (χ2v) is 6.72. The van der Waals surface area contributed by atoms with E-state index in [0.717, 1.165) is 34.7 Å².